The van der Waals surface area contributed by atoms with E-state index in [2.05, 4.69) is 9.98 Å². The quantitative estimate of drug-likeness (QED) is 0.352. The van der Waals surface area contributed by atoms with Crippen LogP contribution in [0.1, 0.15) is 66.2 Å². The van der Waals surface area contributed by atoms with Crippen molar-refractivity contribution in [2.45, 2.75) is 63.6 Å². The molecule has 2 fully saturated rings. The van der Waals surface area contributed by atoms with E-state index in [1.165, 1.54) is 0 Å². The molecule has 44 heavy (non-hydrogen) atoms. The molecule has 0 aromatic heterocycles. The number of amides is 2. The van der Waals surface area contributed by atoms with Crippen molar-refractivity contribution in [2.75, 3.05) is 47.1 Å². The van der Waals surface area contributed by atoms with E-state index < -0.39 is 0 Å². The zero-order valence-corrected chi connectivity index (χ0v) is 25.6. The van der Waals surface area contributed by atoms with Gasteiger partial charge in [-0.05, 0) is 44.7 Å². The Morgan fingerprint density at radius 3 is 2.00 bits per heavy atom. The van der Waals surface area contributed by atoms with Crippen LogP contribution in [0.2, 0.25) is 0 Å². The molecule has 0 N–H and O–H groups in total. The normalized spacial score (nSPS) is 21.3. The van der Waals surface area contributed by atoms with E-state index in [4.69, 9.17) is 23.7 Å². The average molecular weight is 605 g/mol. The Labute approximate surface area is 257 Å². The van der Waals surface area contributed by atoms with Crippen LogP contribution in [-0.4, -0.2) is 99.4 Å². The number of aliphatic imine (C=N–C) groups is 2. The minimum Gasteiger partial charge on any atom is -0.493 e. The monoisotopic (exact) mass is 604 g/mol. The molecule has 2 saturated heterocycles. The van der Waals surface area contributed by atoms with Crippen molar-refractivity contribution in [3.05, 3.63) is 35.4 Å². The van der Waals surface area contributed by atoms with Crippen LogP contribution in [-0.2, 0) is 4.74 Å². The third-order valence-electron chi connectivity index (χ3n) is 8.58. The summed E-state index contributed by atoms with van der Waals surface area (Å²) in [4.78, 5) is 39.5. The molecular weight excluding hydrogens is 564 g/mol. The van der Waals surface area contributed by atoms with Gasteiger partial charge in [-0.25, -0.2) is 0 Å². The highest BCUT2D eigenvalue weighted by Gasteiger charge is 2.33. The zero-order valence-electron chi connectivity index (χ0n) is 25.6. The van der Waals surface area contributed by atoms with Crippen molar-refractivity contribution in [1.82, 2.24) is 9.80 Å². The molecule has 11 nitrogen and oxygen atoms in total. The number of hydrogen-bond acceptors (Lipinski definition) is 9. The summed E-state index contributed by atoms with van der Waals surface area (Å²) in [6.45, 7) is 4.25. The number of fused-ring (bicyclic) bond motifs is 4. The third kappa shape index (κ3) is 6.10. The van der Waals surface area contributed by atoms with Crippen molar-refractivity contribution in [2.24, 2.45) is 9.98 Å². The first-order valence-electron chi connectivity index (χ1n) is 15.5. The predicted octanol–water partition coefficient (Wildman–Crippen LogP) is 4.99. The van der Waals surface area contributed by atoms with Gasteiger partial charge in [0.05, 0.1) is 62.0 Å². The average Bonchev–Trinajstić information content (AvgIpc) is 3.25. The maximum Gasteiger partial charge on any atom is 0.256 e. The highest BCUT2D eigenvalue weighted by Crippen LogP contribution is 2.39. The highest BCUT2D eigenvalue weighted by molar-refractivity contribution is 6.04. The largest absolute Gasteiger partial charge is 0.493 e. The minimum atomic E-state index is -0.305. The number of nitrogens with zero attached hydrogens (tertiary/aromatic N) is 4. The van der Waals surface area contributed by atoms with Gasteiger partial charge in [-0.3, -0.25) is 19.6 Å². The molecule has 11 heteroatoms. The summed E-state index contributed by atoms with van der Waals surface area (Å²) in [7, 11) is 3.12. The standard InChI is InChI=1S/C33H40N4O7/c1-21(44-31-17-27-25(15-29(31)41-3)33(39)37-11-7-9-23(37)19-35-27)20-42-12-13-43-30-16-26-24(14-28(30)40-2)32(38)36-10-6-4-5-8-22(36)18-34-26/h14-19,21-23H,4-13,20H2,1-3H3. The molecule has 2 aromatic rings. The smallest absolute Gasteiger partial charge is 0.256 e. The van der Waals surface area contributed by atoms with E-state index in [0.29, 0.717) is 58.7 Å². The lowest BCUT2D eigenvalue weighted by atomic mass is 10.1. The number of carbonyl (C=O) groups excluding carboxylic acids is 2. The lowest BCUT2D eigenvalue weighted by molar-refractivity contribution is 0.0418. The fourth-order valence-electron chi connectivity index (χ4n) is 6.27. The molecule has 0 bridgehead atoms. The van der Waals surface area contributed by atoms with Crippen LogP contribution >= 0.6 is 0 Å². The molecule has 0 spiro atoms. The van der Waals surface area contributed by atoms with Gasteiger partial charge in [0.2, 0.25) is 0 Å². The topological polar surface area (TPSA) is 111 Å². The summed E-state index contributed by atoms with van der Waals surface area (Å²) in [5.74, 6) is 1.92. The summed E-state index contributed by atoms with van der Waals surface area (Å²) in [5, 5.41) is 0. The van der Waals surface area contributed by atoms with E-state index >= 15 is 0 Å². The molecule has 0 aliphatic carbocycles. The van der Waals surface area contributed by atoms with Crippen LogP contribution in [0.25, 0.3) is 0 Å². The van der Waals surface area contributed by atoms with Crippen LogP contribution in [0.3, 0.4) is 0 Å². The SMILES string of the molecule is COc1cc2c(cc1OCCOCC(C)Oc1cc3c(cc1OC)C(=O)N1CCCC1C=N3)N=CC1CCCCCN1C2=O. The summed E-state index contributed by atoms with van der Waals surface area (Å²) in [6, 6.07) is 7.02. The Balaban J connectivity index is 1.04. The molecule has 2 aromatic carbocycles. The minimum absolute atomic E-state index is 0.0172. The van der Waals surface area contributed by atoms with Crippen molar-refractivity contribution < 1.29 is 33.3 Å². The molecule has 4 heterocycles. The van der Waals surface area contributed by atoms with Gasteiger partial charge in [0.1, 0.15) is 12.7 Å². The Morgan fingerprint density at radius 1 is 0.750 bits per heavy atom. The molecule has 6 rings (SSSR count). The van der Waals surface area contributed by atoms with Gasteiger partial charge < -0.3 is 33.5 Å². The summed E-state index contributed by atoms with van der Waals surface area (Å²) in [6.07, 6.45) is 9.49. The summed E-state index contributed by atoms with van der Waals surface area (Å²) >= 11 is 0. The lowest BCUT2D eigenvalue weighted by Gasteiger charge is -2.26. The number of methoxy groups -OCH3 is 2. The maximum absolute atomic E-state index is 13.4. The molecule has 234 valence electrons. The first-order valence-corrected chi connectivity index (χ1v) is 15.5. The Bertz CT molecular complexity index is 1460. The van der Waals surface area contributed by atoms with Crippen LogP contribution in [0.15, 0.2) is 34.3 Å². The lowest BCUT2D eigenvalue weighted by Crippen LogP contribution is -2.40. The van der Waals surface area contributed by atoms with Crippen molar-refractivity contribution in [3.8, 4) is 23.0 Å². The Morgan fingerprint density at radius 2 is 1.34 bits per heavy atom. The van der Waals surface area contributed by atoms with Crippen LogP contribution in [0.4, 0.5) is 11.4 Å². The Kier molecular flexibility index (Phi) is 9.02. The van der Waals surface area contributed by atoms with Crippen molar-refractivity contribution in [1.29, 1.82) is 0 Å². The molecule has 3 unspecified atom stereocenters. The molecule has 2 amide bonds. The van der Waals surface area contributed by atoms with Crippen LogP contribution in [0, 0.1) is 0 Å². The fourth-order valence-corrected chi connectivity index (χ4v) is 6.27. The molecule has 4 aliphatic rings. The van der Waals surface area contributed by atoms with E-state index in [1.807, 2.05) is 29.2 Å². The van der Waals surface area contributed by atoms with Gasteiger partial charge in [-0.15, -0.1) is 0 Å². The van der Waals surface area contributed by atoms with E-state index in [1.54, 1.807) is 38.5 Å². The second-order valence-electron chi connectivity index (χ2n) is 11.6. The van der Waals surface area contributed by atoms with Crippen molar-refractivity contribution in [3.63, 3.8) is 0 Å². The molecule has 0 radical (unpaired) electrons. The van der Waals surface area contributed by atoms with Gasteiger partial charge in [0.25, 0.3) is 11.8 Å². The van der Waals surface area contributed by atoms with Gasteiger partial charge in [-0.2, -0.15) is 0 Å². The van der Waals surface area contributed by atoms with Gasteiger partial charge in [-0.1, -0.05) is 12.8 Å². The van der Waals surface area contributed by atoms with Crippen molar-refractivity contribution >= 4 is 35.6 Å². The first kappa shape index (κ1) is 29.9. The maximum atomic E-state index is 13.4. The number of benzene rings is 2. The predicted molar refractivity (Wildman–Crippen MR) is 166 cm³/mol. The summed E-state index contributed by atoms with van der Waals surface area (Å²) in [5.41, 5.74) is 2.21. The number of hydrogen-bond donors (Lipinski definition) is 0. The van der Waals surface area contributed by atoms with Gasteiger partial charge in [0, 0.05) is 37.7 Å². The number of ether oxygens (including phenoxy) is 5. The zero-order chi connectivity index (χ0) is 30.6. The highest BCUT2D eigenvalue weighted by atomic mass is 16.6. The second-order valence-corrected chi connectivity index (χ2v) is 11.6. The van der Waals surface area contributed by atoms with E-state index in [0.717, 1.165) is 51.6 Å². The van der Waals surface area contributed by atoms with Crippen LogP contribution < -0.4 is 18.9 Å². The number of carbonyl (C=O) groups is 2. The fraction of sp³-hybridized carbons (Fsp3) is 0.515. The second kappa shape index (κ2) is 13.3. The van der Waals surface area contributed by atoms with Gasteiger partial charge >= 0.3 is 0 Å². The molecule has 4 aliphatic heterocycles. The van der Waals surface area contributed by atoms with Gasteiger partial charge in [0.15, 0.2) is 23.0 Å². The summed E-state index contributed by atoms with van der Waals surface area (Å²) < 4.78 is 29.1. The van der Waals surface area contributed by atoms with E-state index in [-0.39, 0.29) is 36.6 Å². The number of rotatable bonds is 10. The molecular formula is C33H40N4O7. The van der Waals surface area contributed by atoms with Crippen LogP contribution in [0.5, 0.6) is 23.0 Å². The molecule has 0 saturated carbocycles. The Hall–Kier alpha value is -4.12. The van der Waals surface area contributed by atoms with E-state index in [9.17, 15) is 9.59 Å². The third-order valence-corrected chi connectivity index (χ3v) is 8.58. The first-order chi connectivity index (χ1) is 21.5. The molecule has 3 atom stereocenters.